The van der Waals surface area contributed by atoms with E-state index in [2.05, 4.69) is 23.1 Å². The summed E-state index contributed by atoms with van der Waals surface area (Å²) in [6.45, 7) is 2.10. The Bertz CT molecular complexity index is 872. The van der Waals surface area contributed by atoms with E-state index in [0.717, 1.165) is 17.0 Å². The number of nitrogens with zero attached hydrogens (tertiary/aromatic N) is 3. The van der Waals surface area contributed by atoms with E-state index in [1.165, 1.54) is 5.56 Å². The minimum atomic E-state index is 0.162. The van der Waals surface area contributed by atoms with Crippen LogP contribution in [0.1, 0.15) is 31.2 Å². The van der Waals surface area contributed by atoms with Crippen LogP contribution in [0.4, 0.5) is 5.69 Å². The predicted octanol–water partition coefficient (Wildman–Crippen LogP) is 4.10. The lowest BCUT2D eigenvalue weighted by atomic mass is 10.1. The Morgan fingerprint density at radius 2 is 2.20 bits per heavy atom. The summed E-state index contributed by atoms with van der Waals surface area (Å²) in [7, 11) is 0. The van der Waals surface area contributed by atoms with Gasteiger partial charge in [0.1, 0.15) is 0 Å². The number of aromatic nitrogens is 2. The molecule has 1 amide bonds. The van der Waals surface area contributed by atoms with Crippen LogP contribution >= 0.6 is 11.3 Å². The first kappa shape index (κ1) is 16.0. The molecule has 0 bridgehead atoms. The van der Waals surface area contributed by atoms with Gasteiger partial charge >= 0.3 is 0 Å². The van der Waals surface area contributed by atoms with Gasteiger partial charge in [0.2, 0.25) is 17.6 Å². The zero-order valence-corrected chi connectivity index (χ0v) is 14.8. The van der Waals surface area contributed by atoms with Crippen molar-refractivity contribution < 1.29 is 9.32 Å². The highest BCUT2D eigenvalue weighted by atomic mass is 32.1. The molecule has 6 heteroatoms. The summed E-state index contributed by atoms with van der Waals surface area (Å²) < 4.78 is 5.29. The van der Waals surface area contributed by atoms with E-state index in [9.17, 15) is 4.79 Å². The molecular weight excluding hydrogens is 334 g/mol. The van der Waals surface area contributed by atoms with Crippen molar-refractivity contribution in [1.29, 1.82) is 0 Å². The van der Waals surface area contributed by atoms with Crippen molar-refractivity contribution in [1.82, 2.24) is 10.1 Å². The number of para-hydroxylation sites is 1. The van der Waals surface area contributed by atoms with Gasteiger partial charge in [-0.05, 0) is 42.8 Å². The normalized spacial score (nSPS) is 16.2. The van der Waals surface area contributed by atoms with Crippen LogP contribution in [0.3, 0.4) is 0 Å². The molecule has 5 nitrogen and oxygen atoms in total. The Kier molecular flexibility index (Phi) is 4.36. The van der Waals surface area contributed by atoms with Crippen LogP contribution in [0.15, 0.2) is 46.3 Å². The zero-order chi connectivity index (χ0) is 17.2. The first-order valence-electron chi connectivity index (χ1n) is 8.49. The van der Waals surface area contributed by atoms with Crippen LogP contribution in [0, 0.1) is 0 Å². The van der Waals surface area contributed by atoms with E-state index >= 15 is 0 Å². The molecule has 3 aromatic rings. The molecule has 1 aliphatic heterocycles. The average molecular weight is 353 g/mol. The number of aryl methyl sites for hydroxylation is 1. The van der Waals surface area contributed by atoms with Crippen LogP contribution in [0.25, 0.3) is 10.7 Å². The van der Waals surface area contributed by atoms with E-state index < -0.39 is 0 Å². The van der Waals surface area contributed by atoms with E-state index in [1.54, 1.807) is 11.3 Å². The standard InChI is InChI=1S/C19H19N3O2S/c1-13-12-14-6-2-3-7-15(14)22(13)18(23)10-4-9-17-20-19(21-24-17)16-8-5-11-25-16/h2-3,5-8,11,13H,4,9-10,12H2,1H3. The van der Waals surface area contributed by atoms with Gasteiger partial charge in [-0.2, -0.15) is 4.98 Å². The number of benzene rings is 1. The van der Waals surface area contributed by atoms with E-state index in [4.69, 9.17) is 4.52 Å². The third kappa shape index (κ3) is 3.22. The molecule has 0 N–H and O–H groups in total. The maximum Gasteiger partial charge on any atom is 0.227 e. The fourth-order valence-electron chi connectivity index (χ4n) is 3.32. The molecule has 1 atom stereocenters. The second-order valence-electron chi connectivity index (χ2n) is 6.29. The Balaban J connectivity index is 1.35. The molecule has 0 fully saturated rings. The van der Waals surface area contributed by atoms with Crippen molar-refractivity contribution in [3.63, 3.8) is 0 Å². The molecule has 1 aliphatic rings. The first-order chi connectivity index (χ1) is 12.2. The quantitative estimate of drug-likeness (QED) is 0.693. The lowest BCUT2D eigenvalue weighted by molar-refractivity contribution is -0.119. The highest BCUT2D eigenvalue weighted by molar-refractivity contribution is 7.13. The fourth-order valence-corrected chi connectivity index (χ4v) is 3.97. The van der Waals surface area contributed by atoms with Crippen LogP contribution in [-0.4, -0.2) is 22.1 Å². The molecule has 25 heavy (non-hydrogen) atoms. The Labute approximate surface area is 150 Å². The molecule has 4 rings (SSSR count). The van der Waals surface area contributed by atoms with Crippen molar-refractivity contribution in [2.24, 2.45) is 0 Å². The molecule has 3 heterocycles. The number of hydrogen-bond acceptors (Lipinski definition) is 5. The highest BCUT2D eigenvalue weighted by Crippen LogP contribution is 2.32. The monoisotopic (exact) mass is 353 g/mol. The largest absolute Gasteiger partial charge is 0.339 e. The third-order valence-electron chi connectivity index (χ3n) is 4.47. The average Bonchev–Trinajstić information content (AvgIpc) is 3.33. The molecule has 1 aromatic carbocycles. The number of fused-ring (bicyclic) bond motifs is 1. The molecule has 0 saturated heterocycles. The minimum Gasteiger partial charge on any atom is -0.339 e. The van der Waals surface area contributed by atoms with Gasteiger partial charge in [-0.25, -0.2) is 0 Å². The van der Waals surface area contributed by atoms with Gasteiger partial charge in [-0.15, -0.1) is 11.3 Å². The van der Waals surface area contributed by atoms with Crippen molar-refractivity contribution in [2.75, 3.05) is 4.90 Å². The van der Waals surface area contributed by atoms with E-state index in [0.29, 0.717) is 31.0 Å². The lowest BCUT2D eigenvalue weighted by Gasteiger charge is -2.22. The summed E-state index contributed by atoms with van der Waals surface area (Å²) in [6.07, 6.45) is 2.73. The minimum absolute atomic E-state index is 0.162. The van der Waals surface area contributed by atoms with Gasteiger partial charge in [0.25, 0.3) is 0 Å². The number of hydrogen-bond donors (Lipinski definition) is 0. The number of carbonyl (C=O) groups is 1. The summed E-state index contributed by atoms with van der Waals surface area (Å²) in [4.78, 5) is 20.0. The molecule has 0 saturated carbocycles. The maximum atomic E-state index is 12.7. The van der Waals surface area contributed by atoms with Crippen LogP contribution in [0.5, 0.6) is 0 Å². The first-order valence-corrected chi connectivity index (χ1v) is 9.37. The molecule has 128 valence electrons. The Hall–Kier alpha value is -2.47. The Morgan fingerprint density at radius 3 is 3.04 bits per heavy atom. The van der Waals surface area contributed by atoms with Gasteiger partial charge in [0.15, 0.2) is 0 Å². The SMILES string of the molecule is CC1Cc2ccccc2N1C(=O)CCCc1nc(-c2cccs2)no1. The molecule has 2 aromatic heterocycles. The van der Waals surface area contributed by atoms with E-state index in [-0.39, 0.29) is 11.9 Å². The molecular formula is C19H19N3O2S. The van der Waals surface area contributed by atoms with Crippen molar-refractivity contribution in [2.45, 2.75) is 38.6 Å². The molecule has 0 aliphatic carbocycles. The Morgan fingerprint density at radius 1 is 1.32 bits per heavy atom. The van der Waals surface area contributed by atoms with Crippen LogP contribution in [-0.2, 0) is 17.6 Å². The van der Waals surface area contributed by atoms with Crippen molar-refractivity contribution >= 4 is 22.9 Å². The van der Waals surface area contributed by atoms with Crippen molar-refractivity contribution in [3.05, 3.63) is 53.2 Å². The molecule has 1 unspecified atom stereocenters. The number of amides is 1. The third-order valence-corrected chi connectivity index (χ3v) is 5.33. The van der Waals surface area contributed by atoms with Gasteiger partial charge < -0.3 is 9.42 Å². The van der Waals surface area contributed by atoms with E-state index in [1.807, 2.05) is 40.6 Å². The maximum absolute atomic E-state index is 12.7. The highest BCUT2D eigenvalue weighted by Gasteiger charge is 2.30. The van der Waals surface area contributed by atoms with Crippen LogP contribution < -0.4 is 4.90 Å². The van der Waals surface area contributed by atoms with Gasteiger partial charge in [-0.3, -0.25) is 4.79 Å². The van der Waals surface area contributed by atoms with Crippen molar-refractivity contribution in [3.8, 4) is 10.7 Å². The van der Waals surface area contributed by atoms with Gasteiger partial charge in [0.05, 0.1) is 4.88 Å². The molecule has 0 spiro atoms. The summed E-state index contributed by atoms with van der Waals surface area (Å²) in [5.41, 5.74) is 2.30. The summed E-state index contributed by atoms with van der Waals surface area (Å²) in [5, 5.41) is 5.99. The summed E-state index contributed by atoms with van der Waals surface area (Å²) in [5.74, 6) is 1.37. The number of thiophene rings is 1. The van der Waals surface area contributed by atoms with Gasteiger partial charge in [0, 0.05) is 24.6 Å². The zero-order valence-electron chi connectivity index (χ0n) is 14.0. The number of carbonyl (C=O) groups excluding carboxylic acids is 1. The van der Waals surface area contributed by atoms with Crippen LogP contribution in [0.2, 0.25) is 0 Å². The smallest absolute Gasteiger partial charge is 0.227 e. The topological polar surface area (TPSA) is 59.2 Å². The summed E-state index contributed by atoms with van der Waals surface area (Å²) in [6, 6.07) is 12.3. The lowest BCUT2D eigenvalue weighted by Crippen LogP contribution is -2.35. The predicted molar refractivity (Wildman–Crippen MR) is 97.6 cm³/mol. The van der Waals surface area contributed by atoms with Gasteiger partial charge in [-0.1, -0.05) is 29.4 Å². The summed E-state index contributed by atoms with van der Waals surface area (Å²) >= 11 is 1.58. The second-order valence-corrected chi connectivity index (χ2v) is 7.24. The second kappa shape index (κ2) is 6.80. The number of anilines is 1. The fraction of sp³-hybridized carbons (Fsp3) is 0.316. The number of rotatable bonds is 5. The molecule has 0 radical (unpaired) electrons.